The number of benzene rings is 1. The minimum atomic E-state index is 0.0785. The Kier molecular flexibility index (Phi) is 3.84. The summed E-state index contributed by atoms with van der Waals surface area (Å²) in [5, 5.41) is 8.50. The van der Waals surface area contributed by atoms with Gasteiger partial charge < -0.3 is 15.1 Å². The van der Waals surface area contributed by atoms with E-state index in [0.29, 0.717) is 16.9 Å². The van der Waals surface area contributed by atoms with Gasteiger partial charge >= 0.3 is 6.01 Å². The Balaban J connectivity index is 2.20. The molecule has 0 amide bonds. The van der Waals surface area contributed by atoms with Crippen LogP contribution in [0.15, 0.2) is 28.7 Å². The molecule has 0 aliphatic rings. The smallest absolute Gasteiger partial charge is 0.318 e. The summed E-state index contributed by atoms with van der Waals surface area (Å²) in [6, 6.07) is 8.21. The summed E-state index contributed by atoms with van der Waals surface area (Å²) in [4.78, 5) is 1.89. The highest BCUT2D eigenvalue weighted by molar-refractivity contribution is 6.30. The number of nitrogens with two attached hydrogens (primary N) is 1. The maximum atomic E-state index is 5.98. The minimum absolute atomic E-state index is 0.0785. The topological polar surface area (TPSA) is 68.2 Å². The molecular formula is C12H15ClN4O. The third kappa shape index (κ3) is 2.63. The van der Waals surface area contributed by atoms with Gasteiger partial charge in [-0.15, -0.1) is 5.10 Å². The quantitative estimate of drug-likeness (QED) is 0.920. The summed E-state index contributed by atoms with van der Waals surface area (Å²) in [5.41, 5.74) is 6.52. The fourth-order valence-corrected chi connectivity index (χ4v) is 1.82. The van der Waals surface area contributed by atoms with Crippen molar-refractivity contribution in [3.63, 3.8) is 0 Å². The van der Waals surface area contributed by atoms with E-state index in [9.17, 15) is 0 Å². The number of hydrogen-bond donors (Lipinski definition) is 1. The second-order valence-corrected chi connectivity index (χ2v) is 4.46. The Morgan fingerprint density at radius 3 is 2.83 bits per heavy atom. The number of hydrogen-bond acceptors (Lipinski definition) is 5. The van der Waals surface area contributed by atoms with Crippen LogP contribution in [-0.2, 0) is 6.54 Å². The van der Waals surface area contributed by atoms with Gasteiger partial charge in [0.2, 0.25) is 5.89 Å². The summed E-state index contributed by atoms with van der Waals surface area (Å²) in [6.07, 6.45) is 0. The number of rotatable bonds is 4. The SMILES string of the molecule is CC(c1cccc(Cl)c1)N(C)c1nnc(CN)o1. The summed E-state index contributed by atoms with van der Waals surface area (Å²) in [7, 11) is 1.89. The molecule has 1 atom stereocenters. The van der Waals surface area contributed by atoms with Crippen LogP contribution in [0, 0.1) is 0 Å². The molecule has 2 N–H and O–H groups in total. The van der Waals surface area contributed by atoms with Crippen molar-refractivity contribution in [1.29, 1.82) is 0 Å². The Morgan fingerprint density at radius 2 is 2.22 bits per heavy atom. The minimum Gasteiger partial charge on any atom is -0.407 e. The fraction of sp³-hybridized carbons (Fsp3) is 0.333. The van der Waals surface area contributed by atoms with E-state index in [2.05, 4.69) is 10.2 Å². The standard InChI is InChI=1S/C12H15ClN4O/c1-8(9-4-3-5-10(13)6-9)17(2)12-16-15-11(7-14)18-12/h3-6,8H,7,14H2,1-2H3. The fourth-order valence-electron chi connectivity index (χ4n) is 1.63. The molecule has 0 spiro atoms. The van der Waals surface area contributed by atoms with E-state index in [-0.39, 0.29) is 12.6 Å². The first-order valence-electron chi connectivity index (χ1n) is 5.62. The van der Waals surface area contributed by atoms with Crippen molar-refractivity contribution < 1.29 is 4.42 Å². The van der Waals surface area contributed by atoms with E-state index in [4.69, 9.17) is 21.8 Å². The molecule has 1 aromatic carbocycles. The first-order valence-corrected chi connectivity index (χ1v) is 6.00. The van der Waals surface area contributed by atoms with Gasteiger partial charge in [-0.1, -0.05) is 28.8 Å². The van der Waals surface area contributed by atoms with Crippen LogP contribution in [-0.4, -0.2) is 17.2 Å². The molecule has 2 rings (SSSR count). The molecule has 0 aliphatic carbocycles. The molecule has 18 heavy (non-hydrogen) atoms. The maximum Gasteiger partial charge on any atom is 0.318 e. The average Bonchev–Trinajstić information content (AvgIpc) is 2.85. The molecule has 96 valence electrons. The van der Waals surface area contributed by atoms with E-state index >= 15 is 0 Å². The predicted molar refractivity (Wildman–Crippen MR) is 70.5 cm³/mol. The van der Waals surface area contributed by atoms with E-state index in [0.717, 1.165) is 5.56 Å². The van der Waals surface area contributed by atoms with Gasteiger partial charge in [0.15, 0.2) is 0 Å². The van der Waals surface area contributed by atoms with Gasteiger partial charge in [-0.2, -0.15) is 0 Å². The zero-order valence-corrected chi connectivity index (χ0v) is 11.1. The number of halogens is 1. The largest absolute Gasteiger partial charge is 0.407 e. The van der Waals surface area contributed by atoms with Gasteiger partial charge in [0, 0.05) is 12.1 Å². The summed E-state index contributed by atoms with van der Waals surface area (Å²) < 4.78 is 5.41. The molecule has 6 heteroatoms. The van der Waals surface area contributed by atoms with Crippen molar-refractivity contribution in [2.45, 2.75) is 19.5 Å². The van der Waals surface area contributed by atoms with Gasteiger partial charge in [0.05, 0.1) is 12.6 Å². The first-order chi connectivity index (χ1) is 8.61. The Labute approximate surface area is 111 Å². The highest BCUT2D eigenvalue weighted by Gasteiger charge is 2.17. The second kappa shape index (κ2) is 5.37. The first kappa shape index (κ1) is 12.9. The number of aromatic nitrogens is 2. The van der Waals surface area contributed by atoms with Crippen LogP contribution in [0.25, 0.3) is 0 Å². The molecule has 0 fully saturated rings. The Hall–Kier alpha value is -1.59. The van der Waals surface area contributed by atoms with Gasteiger partial charge in [0.1, 0.15) is 0 Å². The molecule has 1 heterocycles. The molecule has 5 nitrogen and oxygen atoms in total. The van der Waals surface area contributed by atoms with Crippen LogP contribution >= 0.6 is 11.6 Å². The Bertz CT molecular complexity index is 528. The molecule has 0 saturated heterocycles. The van der Waals surface area contributed by atoms with Gasteiger partial charge in [-0.05, 0) is 24.6 Å². The van der Waals surface area contributed by atoms with Crippen LogP contribution in [0.5, 0.6) is 0 Å². The van der Waals surface area contributed by atoms with Crippen molar-refractivity contribution in [1.82, 2.24) is 10.2 Å². The van der Waals surface area contributed by atoms with Crippen molar-refractivity contribution in [3.8, 4) is 0 Å². The molecule has 0 aliphatic heterocycles. The normalized spacial score (nSPS) is 12.4. The van der Waals surface area contributed by atoms with Crippen LogP contribution in [0.4, 0.5) is 6.01 Å². The maximum absolute atomic E-state index is 5.98. The van der Waals surface area contributed by atoms with Crippen LogP contribution < -0.4 is 10.6 Å². The number of nitrogens with zero attached hydrogens (tertiary/aromatic N) is 3. The lowest BCUT2D eigenvalue weighted by molar-refractivity contribution is 0.480. The zero-order chi connectivity index (χ0) is 13.1. The molecule has 0 saturated carbocycles. The van der Waals surface area contributed by atoms with Crippen molar-refractivity contribution in [3.05, 3.63) is 40.7 Å². The highest BCUT2D eigenvalue weighted by atomic mass is 35.5. The monoisotopic (exact) mass is 266 g/mol. The van der Waals surface area contributed by atoms with Gasteiger partial charge in [-0.25, -0.2) is 0 Å². The van der Waals surface area contributed by atoms with E-state index in [1.807, 2.05) is 43.1 Å². The average molecular weight is 267 g/mol. The predicted octanol–water partition coefficient (Wildman–Crippen LogP) is 2.38. The highest BCUT2D eigenvalue weighted by Crippen LogP contribution is 2.25. The van der Waals surface area contributed by atoms with Crippen LogP contribution in [0.2, 0.25) is 5.02 Å². The third-order valence-corrected chi connectivity index (χ3v) is 3.08. The lowest BCUT2D eigenvalue weighted by Crippen LogP contribution is -2.21. The molecule has 0 bridgehead atoms. The molecule has 1 unspecified atom stereocenters. The second-order valence-electron chi connectivity index (χ2n) is 4.02. The number of anilines is 1. The summed E-state index contributed by atoms with van der Waals surface area (Å²) in [5.74, 6) is 0.426. The van der Waals surface area contributed by atoms with E-state index < -0.39 is 0 Å². The van der Waals surface area contributed by atoms with E-state index in [1.54, 1.807) is 0 Å². The lowest BCUT2D eigenvalue weighted by Gasteiger charge is -2.23. The Morgan fingerprint density at radius 1 is 1.44 bits per heavy atom. The summed E-state index contributed by atoms with van der Waals surface area (Å²) in [6.45, 7) is 2.28. The zero-order valence-electron chi connectivity index (χ0n) is 10.3. The van der Waals surface area contributed by atoms with E-state index in [1.165, 1.54) is 0 Å². The molecular weight excluding hydrogens is 252 g/mol. The van der Waals surface area contributed by atoms with Crippen molar-refractivity contribution in [2.75, 3.05) is 11.9 Å². The lowest BCUT2D eigenvalue weighted by atomic mass is 10.1. The molecule has 0 radical (unpaired) electrons. The van der Waals surface area contributed by atoms with Crippen LogP contribution in [0.3, 0.4) is 0 Å². The van der Waals surface area contributed by atoms with Crippen molar-refractivity contribution in [2.24, 2.45) is 5.73 Å². The molecule has 1 aromatic heterocycles. The van der Waals surface area contributed by atoms with Crippen molar-refractivity contribution >= 4 is 17.6 Å². The third-order valence-electron chi connectivity index (χ3n) is 2.84. The van der Waals surface area contributed by atoms with Gasteiger partial charge in [-0.3, -0.25) is 0 Å². The van der Waals surface area contributed by atoms with Crippen LogP contribution in [0.1, 0.15) is 24.4 Å². The molecule has 2 aromatic rings. The summed E-state index contributed by atoms with van der Waals surface area (Å²) >= 11 is 5.98. The van der Waals surface area contributed by atoms with Gasteiger partial charge in [0.25, 0.3) is 0 Å².